The highest BCUT2D eigenvalue weighted by Gasteiger charge is 2.23. The van der Waals surface area contributed by atoms with Crippen molar-refractivity contribution in [2.75, 3.05) is 4.90 Å². The average Bonchev–Trinajstić information content (AvgIpc) is 2.75. The van der Waals surface area contributed by atoms with Gasteiger partial charge in [-0.2, -0.15) is 0 Å². The van der Waals surface area contributed by atoms with E-state index in [2.05, 4.69) is 0 Å². The number of para-hydroxylation sites is 3. The van der Waals surface area contributed by atoms with E-state index in [1.165, 1.54) is 0 Å². The van der Waals surface area contributed by atoms with Gasteiger partial charge in [-0.15, -0.1) is 0 Å². The van der Waals surface area contributed by atoms with Gasteiger partial charge in [0, 0.05) is 6.07 Å². The lowest BCUT2D eigenvalue weighted by molar-refractivity contribution is 0.409. The number of anilines is 3. The average molecular weight is 428 g/mol. The van der Waals surface area contributed by atoms with E-state index >= 15 is 0 Å². The summed E-state index contributed by atoms with van der Waals surface area (Å²) in [6, 6.07) is 23.1. The molecule has 0 spiro atoms. The van der Waals surface area contributed by atoms with Gasteiger partial charge in [0.25, 0.3) is 0 Å². The number of hydrogen-bond acceptors (Lipinski definition) is 5. The summed E-state index contributed by atoms with van der Waals surface area (Å²) in [5.41, 5.74) is 4.30. The van der Waals surface area contributed by atoms with E-state index < -0.39 is 0 Å². The number of nitrogens with zero attached hydrogens (tertiary/aromatic N) is 1. The fourth-order valence-electron chi connectivity index (χ4n) is 3.81. The number of aromatic hydroxyl groups is 3. The van der Waals surface area contributed by atoms with Crippen molar-refractivity contribution < 1.29 is 20.1 Å². The van der Waals surface area contributed by atoms with Crippen molar-refractivity contribution in [1.82, 2.24) is 0 Å². The third-order valence-electron chi connectivity index (χ3n) is 5.37. The van der Waals surface area contributed by atoms with Gasteiger partial charge in [0.05, 0.1) is 17.1 Å². The fourth-order valence-corrected chi connectivity index (χ4v) is 3.81. The lowest BCUT2D eigenvalue weighted by Crippen LogP contribution is -2.13. The highest BCUT2D eigenvalue weighted by atomic mass is 16.5. The second kappa shape index (κ2) is 8.55. The van der Waals surface area contributed by atoms with Gasteiger partial charge in [-0.05, 0) is 67.8 Å². The van der Waals surface area contributed by atoms with Crippen LogP contribution in [0.2, 0.25) is 0 Å². The second-order valence-electron chi connectivity index (χ2n) is 7.74. The van der Waals surface area contributed by atoms with Crippen LogP contribution in [-0.2, 0) is 0 Å². The minimum absolute atomic E-state index is 0.0559. The highest BCUT2D eigenvalue weighted by Crippen LogP contribution is 2.47. The summed E-state index contributed by atoms with van der Waals surface area (Å²) in [5.74, 6) is 1.14. The molecule has 0 aliphatic heterocycles. The molecule has 162 valence electrons. The summed E-state index contributed by atoms with van der Waals surface area (Å²) >= 11 is 0. The first-order valence-electron chi connectivity index (χ1n) is 10.3. The molecule has 0 radical (unpaired) electrons. The molecule has 0 atom stereocenters. The summed E-state index contributed by atoms with van der Waals surface area (Å²) in [7, 11) is 0. The molecule has 4 aromatic rings. The zero-order valence-electron chi connectivity index (χ0n) is 18.2. The van der Waals surface area contributed by atoms with Crippen LogP contribution in [-0.4, -0.2) is 15.3 Å². The minimum Gasteiger partial charge on any atom is -0.506 e. The molecule has 0 saturated heterocycles. The van der Waals surface area contributed by atoms with Gasteiger partial charge in [-0.3, -0.25) is 0 Å². The van der Waals surface area contributed by atoms with Crippen LogP contribution >= 0.6 is 0 Å². The van der Waals surface area contributed by atoms with E-state index in [1.54, 1.807) is 42.5 Å². The number of ether oxygens (including phenoxy) is 1. The minimum atomic E-state index is 0.0559. The molecule has 0 aliphatic carbocycles. The van der Waals surface area contributed by atoms with Crippen molar-refractivity contribution in [2.45, 2.75) is 20.8 Å². The van der Waals surface area contributed by atoms with Gasteiger partial charge < -0.3 is 25.0 Å². The smallest absolute Gasteiger partial charge is 0.171 e. The van der Waals surface area contributed by atoms with E-state index in [9.17, 15) is 15.3 Å². The Morgan fingerprint density at radius 1 is 0.594 bits per heavy atom. The van der Waals surface area contributed by atoms with Crippen LogP contribution in [0.5, 0.6) is 28.7 Å². The van der Waals surface area contributed by atoms with E-state index in [-0.39, 0.29) is 17.2 Å². The third kappa shape index (κ3) is 3.93. The Labute approximate surface area is 187 Å². The molecular formula is C27H25NO4. The topological polar surface area (TPSA) is 73.2 Å². The van der Waals surface area contributed by atoms with Crippen LogP contribution < -0.4 is 9.64 Å². The predicted octanol–water partition coefficient (Wildman–Crippen LogP) is 6.99. The summed E-state index contributed by atoms with van der Waals surface area (Å²) in [6.07, 6.45) is 0. The van der Waals surface area contributed by atoms with Crippen LogP contribution in [0.4, 0.5) is 17.1 Å². The lowest BCUT2D eigenvalue weighted by Gasteiger charge is -2.29. The summed E-state index contributed by atoms with van der Waals surface area (Å²) in [4.78, 5) is 1.82. The van der Waals surface area contributed by atoms with Gasteiger partial charge in [0.2, 0.25) is 0 Å². The summed E-state index contributed by atoms with van der Waals surface area (Å²) < 4.78 is 6.02. The van der Waals surface area contributed by atoms with Gasteiger partial charge in [-0.25, -0.2) is 0 Å². The van der Waals surface area contributed by atoms with Gasteiger partial charge in [-0.1, -0.05) is 42.5 Å². The van der Waals surface area contributed by atoms with Crippen LogP contribution in [0.3, 0.4) is 0 Å². The first kappa shape index (κ1) is 21.1. The first-order valence-corrected chi connectivity index (χ1v) is 10.3. The summed E-state index contributed by atoms with van der Waals surface area (Å²) in [5, 5.41) is 31.7. The molecule has 0 aliphatic rings. The number of hydrogen-bond donors (Lipinski definition) is 3. The molecule has 32 heavy (non-hydrogen) atoms. The molecule has 4 aromatic carbocycles. The van der Waals surface area contributed by atoms with E-state index in [0.29, 0.717) is 28.6 Å². The molecule has 5 nitrogen and oxygen atoms in total. The lowest BCUT2D eigenvalue weighted by atomic mass is 10.1. The van der Waals surface area contributed by atoms with E-state index in [1.807, 2.05) is 62.1 Å². The SMILES string of the molecule is Cc1cccc(O)c1Oc1cccc(N(c2c(C)cccc2O)c2c(C)cccc2O)c1. The zero-order chi connectivity index (χ0) is 22.8. The Bertz CT molecular complexity index is 1170. The molecule has 0 heterocycles. The largest absolute Gasteiger partial charge is 0.506 e. The Kier molecular flexibility index (Phi) is 5.65. The molecule has 4 rings (SSSR count). The Hall–Kier alpha value is -4.12. The van der Waals surface area contributed by atoms with Gasteiger partial charge in [0.1, 0.15) is 17.2 Å². The third-order valence-corrected chi connectivity index (χ3v) is 5.37. The van der Waals surface area contributed by atoms with Gasteiger partial charge in [0.15, 0.2) is 11.5 Å². The standard InChI is InChI=1S/C27H25NO4/c1-17-8-4-13-22(29)25(17)28(26-18(2)9-5-14-23(26)30)20-11-7-12-21(16-20)32-27-19(3)10-6-15-24(27)31/h4-16,29-31H,1-3H3. The molecule has 0 fully saturated rings. The van der Waals surface area contributed by atoms with Crippen LogP contribution in [0.1, 0.15) is 16.7 Å². The normalized spacial score (nSPS) is 10.7. The molecular weight excluding hydrogens is 402 g/mol. The van der Waals surface area contributed by atoms with E-state index in [0.717, 1.165) is 16.7 Å². The van der Waals surface area contributed by atoms with Crippen molar-refractivity contribution >= 4 is 17.1 Å². The maximum absolute atomic E-state index is 10.8. The number of benzene rings is 4. The molecule has 0 saturated carbocycles. The molecule has 3 N–H and O–H groups in total. The van der Waals surface area contributed by atoms with Crippen LogP contribution in [0.15, 0.2) is 78.9 Å². The van der Waals surface area contributed by atoms with Gasteiger partial charge >= 0.3 is 0 Å². The Morgan fingerprint density at radius 2 is 1.09 bits per heavy atom. The number of phenolic OH excluding ortho intramolecular Hbond substituents is 3. The monoisotopic (exact) mass is 427 g/mol. The number of phenols is 3. The Balaban J connectivity index is 1.89. The molecule has 0 bridgehead atoms. The fraction of sp³-hybridized carbons (Fsp3) is 0.111. The highest BCUT2D eigenvalue weighted by molar-refractivity contribution is 5.86. The van der Waals surface area contributed by atoms with Crippen molar-refractivity contribution in [3.8, 4) is 28.7 Å². The molecule has 0 aromatic heterocycles. The second-order valence-corrected chi connectivity index (χ2v) is 7.74. The molecule has 5 heteroatoms. The molecule has 0 unspecified atom stereocenters. The maximum Gasteiger partial charge on any atom is 0.171 e. The quantitative estimate of drug-likeness (QED) is 0.320. The van der Waals surface area contributed by atoms with Crippen molar-refractivity contribution in [1.29, 1.82) is 0 Å². The van der Waals surface area contributed by atoms with Crippen LogP contribution in [0.25, 0.3) is 0 Å². The molecule has 0 amide bonds. The van der Waals surface area contributed by atoms with E-state index in [4.69, 9.17) is 4.74 Å². The zero-order valence-corrected chi connectivity index (χ0v) is 18.2. The first-order chi connectivity index (χ1) is 15.4. The summed E-state index contributed by atoms with van der Waals surface area (Å²) in [6.45, 7) is 5.67. The predicted molar refractivity (Wildman–Crippen MR) is 127 cm³/mol. The van der Waals surface area contributed by atoms with Crippen molar-refractivity contribution in [2.24, 2.45) is 0 Å². The van der Waals surface area contributed by atoms with Crippen molar-refractivity contribution in [3.05, 3.63) is 95.6 Å². The number of rotatable bonds is 5. The van der Waals surface area contributed by atoms with Crippen molar-refractivity contribution in [3.63, 3.8) is 0 Å². The maximum atomic E-state index is 10.8. The van der Waals surface area contributed by atoms with Crippen LogP contribution in [0, 0.1) is 20.8 Å². The number of aryl methyl sites for hydroxylation is 3. The Morgan fingerprint density at radius 3 is 1.62 bits per heavy atom.